The molecule has 2 saturated heterocycles. The highest BCUT2D eigenvalue weighted by Crippen LogP contribution is 2.15. The van der Waals surface area contributed by atoms with Gasteiger partial charge >= 0.3 is 5.97 Å². The van der Waals surface area contributed by atoms with E-state index in [9.17, 15) is 4.79 Å². The number of carboxylic acid groups (broad SMARTS) is 1. The van der Waals surface area contributed by atoms with E-state index in [0.29, 0.717) is 0 Å². The molecule has 2 heterocycles. The Bertz CT molecular complexity index is 222. The molecule has 2 fully saturated rings. The number of piperidine rings is 2. The Hall–Kier alpha value is -0.650. The average Bonchev–Trinajstić information content (AvgIpc) is 2.31. The molecule has 0 radical (unpaired) electrons. The summed E-state index contributed by atoms with van der Waals surface area (Å²) in [5.74, 6) is -0.718. The van der Waals surface area contributed by atoms with Crippen LogP contribution in [0.3, 0.4) is 0 Å². The maximum Gasteiger partial charge on any atom is 0.306 e. The Labute approximate surface area is 103 Å². The van der Waals surface area contributed by atoms with Crippen molar-refractivity contribution >= 4 is 5.97 Å². The van der Waals surface area contributed by atoms with Gasteiger partial charge in [0.25, 0.3) is 0 Å². The number of nitrogens with zero attached hydrogens (tertiary/aromatic N) is 1. The van der Waals surface area contributed by atoms with E-state index >= 15 is 0 Å². The molecular formula is C12H24N2O3. The Morgan fingerprint density at radius 2 is 1.71 bits per heavy atom. The average molecular weight is 244 g/mol. The number of hydrogen-bond donors (Lipinski definition) is 3. The second-order valence-electron chi connectivity index (χ2n) is 4.90. The molecule has 2 rings (SSSR count). The molecule has 0 unspecified atom stereocenters. The minimum absolute atomic E-state index is 0.0266. The van der Waals surface area contributed by atoms with Gasteiger partial charge in [0.2, 0.25) is 0 Å². The predicted molar refractivity (Wildman–Crippen MR) is 66.0 cm³/mol. The molecule has 0 aromatic rings. The van der Waals surface area contributed by atoms with Gasteiger partial charge < -0.3 is 20.4 Å². The monoisotopic (exact) mass is 244 g/mol. The molecule has 5 heteroatoms. The number of aliphatic hydroxyl groups excluding tert-OH is 1. The molecule has 0 bridgehead atoms. The highest BCUT2D eigenvalue weighted by molar-refractivity contribution is 5.70. The summed E-state index contributed by atoms with van der Waals surface area (Å²) in [6.07, 6.45) is 3.46. The quantitative estimate of drug-likeness (QED) is 0.612. The molecule has 0 saturated carbocycles. The van der Waals surface area contributed by atoms with Crippen LogP contribution in [0.25, 0.3) is 0 Å². The number of carbonyl (C=O) groups is 1. The first-order chi connectivity index (χ1) is 8.09. The standard InChI is InChI=1S/C7H13NO2.C5H11NO/c1-8-4-2-6(3-5-8)7(9)10;7-5-1-3-6-4-2-5/h6H,2-5H2,1H3,(H,9,10);5-7H,1-4H2. The molecule has 0 amide bonds. The number of aliphatic carboxylic acids is 1. The lowest BCUT2D eigenvalue weighted by molar-refractivity contribution is -0.143. The lowest BCUT2D eigenvalue weighted by atomic mass is 9.98. The van der Waals surface area contributed by atoms with Gasteiger partial charge in [0.05, 0.1) is 12.0 Å². The molecule has 2 aliphatic rings. The van der Waals surface area contributed by atoms with Crippen LogP contribution < -0.4 is 5.32 Å². The van der Waals surface area contributed by atoms with E-state index in [1.54, 1.807) is 0 Å². The molecule has 0 atom stereocenters. The number of rotatable bonds is 1. The zero-order valence-electron chi connectivity index (χ0n) is 10.6. The van der Waals surface area contributed by atoms with Crippen molar-refractivity contribution in [3.8, 4) is 0 Å². The summed E-state index contributed by atoms with van der Waals surface area (Å²) in [6.45, 7) is 3.83. The van der Waals surface area contributed by atoms with E-state index < -0.39 is 5.97 Å². The normalized spacial score (nSPS) is 23.9. The van der Waals surface area contributed by atoms with Crippen LogP contribution in [0, 0.1) is 5.92 Å². The highest BCUT2D eigenvalue weighted by Gasteiger charge is 2.21. The second kappa shape index (κ2) is 7.63. The van der Waals surface area contributed by atoms with Gasteiger partial charge in [-0.3, -0.25) is 4.79 Å². The number of hydrogen-bond acceptors (Lipinski definition) is 4. The SMILES string of the molecule is CN1CCC(C(=O)O)CC1.OC1CCNCC1. The summed E-state index contributed by atoms with van der Waals surface area (Å²) in [6, 6.07) is 0. The second-order valence-corrected chi connectivity index (χ2v) is 4.90. The first-order valence-electron chi connectivity index (χ1n) is 6.39. The third-order valence-corrected chi connectivity index (χ3v) is 3.38. The third kappa shape index (κ3) is 6.00. The summed E-state index contributed by atoms with van der Waals surface area (Å²) < 4.78 is 0. The van der Waals surface area contributed by atoms with Gasteiger partial charge in [-0.05, 0) is 58.9 Å². The summed E-state index contributed by atoms with van der Waals surface area (Å²) in [5.41, 5.74) is 0. The van der Waals surface area contributed by atoms with Gasteiger partial charge in [0, 0.05) is 0 Å². The van der Waals surface area contributed by atoms with Gasteiger partial charge in [-0.1, -0.05) is 0 Å². The van der Waals surface area contributed by atoms with Gasteiger partial charge in [0.1, 0.15) is 0 Å². The number of nitrogens with one attached hydrogen (secondary N) is 1. The Balaban J connectivity index is 0.000000181. The van der Waals surface area contributed by atoms with Crippen molar-refractivity contribution in [3.05, 3.63) is 0 Å². The first-order valence-corrected chi connectivity index (χ1v) is 6.39. The maximum absolute atomic E-state index is 10.4. The number of aliphatic hydroxyl groups is 1. The fourth-order valence-electron chi connectivity index (χ4n) is 2.06. The zero-order chi connectivity index (χ0) is 12.7. The summed E-state index contributed by atoms with van der Waals surface area (Å²) >= 11 is 0. The fourth-order valence-corrected chi connectivity index (χ4v) is 2.06. The van der Waals surface area contributed by atoms with Gasteiger partial charge in [-0.15, -0.1) is 0 Å². The lowest BCUT2D eigenvalue weighted by Crippen LogP contribution is -2.33. The predicted octanol–water partition coefficient (Wildman–Crippen LogP) is 0.144. The van der Waals surface area contributed by atoms with E-state index in [1.165, 1.54) is 0 Å². The Kier molecular flexibility index (Phi) is 6.47. The number of carboxylic acids is 1. The van der Waals surface area contributed by atoms with Crippen LogP contribution in [-0.2, 0) is 4.79 Å². The lowest BCUT2D eigenvalue weighted by Gasteiger charge is -2.25. The molecule has 3 N–H and O–H groups in total. The molecule has 17 heavy (non-hydrogen) atoms. The fraction of sp³-hybridized carbons (Fsp3) is 0.917. The van der Waals surface area contributed by atoms with E-state index in [2.05, 4.69) is 10.2 Å². The molecule has 0 aromatic heterocycles. The van der Waals surface area contributed by atoms with Crippen LogP contribution in [0.15, 0.2) is 0 Å². The minimum atomic E-state index is -0.631. The molecule has 100 valence electrons. The third-order valence-electron chi connectivity index (χ3n) is 3.38. The minimum Gasteiger partial charge on any atom is -0.481 e. The van der Waals surface area contributed by atoms with Crippen molar-refractivity contribution in [3.63, 3.8) is 0 Å². The van der Waals surface area contributed by atoms with Crippen molar-refractivity contribution < 1.29 is 15.0 Å². The Morgan fingerprint density at radius 1 is 1.18 bits per heavy atom. The van der Waals surface area contributed by atoms with Crippen molar-refractivity contribution in [1.29, 1.82) is 0 Å². The van der Waals surface area contributed by atoms with E-state index in [0.717, 1.165) is 51.9 Å². The molecule has 0 aliphatic carbocycles. The Morgan fingerprint density at radius 3 is 2.06 bits per heavy atom. The van der Waals surface area contributed by atoms with E-state index in [1.807, 2.05) is 7.05 Å². The largest absolute Gasteiger partial charge is 0.481 e. The van der Waals surface area contributed by atoms with E-state index in [-0.39, 0.29) is 12.0 Å². The van der Waals surface area contributed by atoms with Crippen molar-refractivity contribution in [2.24, 2.45) is 5.92 Å². The van der Waals surface area contributed by atoms with Crippen molar-refractivity contribution in [2.75, 3.05) is 33.2 Å². The summed E-state index contributed by atoms with van der Waals surface area (Å²) in [4.78, 5) is 12.6. The summed E-state index contributed by atoms with van der Waals surface area (Å²) in [5, 5.41) is 20.6. The van der Waals surface area contributed by atoms with Crippen LogP contribution in [0.4, 0.5) is 0 Å². The van der Waals surface area contributed by atoms with Crippen LogP contribution >= 0.6 is 0 Å². The van der Waals surface area contributed by atoms with Gasteiger partial charge in [-0.25, -0.2) is 0 Å². The van der Waals surface area contributed by atoms with Gasteiger partial charge in [0.15, 0.2) is 0 Å². The molecule has 5 nitrogen and oxygen atoms in total. The topological polar surface area (TPSA) is 72.8 Å². The van der Waals surface area contributed by atoms with Gasteiger partial charge in [-0.2, -0.15) is 0 Å². The first kappa shape index (κ1) is 14.4. The van der Waals surface area contributed by atoms with Crippen molar-refractivity contribution in [1.82, 2.24) is 10.2 Å². The summed E-state index contributed by atoms with van der Waals surface area (Å²) in [7, 11) is 2.03. The van der Waals surface area contributed by atoms with Crippen LogP contribution in [0.2, 0.25) is 0 Å². The van der Waals surface area contributed by atoms with Crippen LogP contribution in [0.5, 0.6) is 0 Å². The maximum atomic E-state index is 10.4. The highest BCUT2D eigenvalue weighted by atomic mass is 16.4. The smallest absolute Gasteiger partial charge is 0.306 e. The zero-order valence-corrected chi connectivity index (χ0v) is 10.6. The molecule has 0 aromatic carbocycles. The molecule has 0 spiro atoms. The van der Waals surface area contributed by atoms with Crippen LogP contribution in [-0.4, -0.2) is 60.4 Å². The number of likely N-dealkylation sites (tertiary alicyclic amines) is 1. The van der Waals surface area contributed by atoms with E-state index in [4.69, 9.17) is 10.2 Å². The van der Waals surface area contributed by atoms with Crippen LogP contribution in [0.1, 0.15) is 25.7 Å². The molecular weight excluding hydrogens is 220 g/mol. The van der Waals surface area contributed by atoms with Crippen molar-refractivity contribution in [2.45, 2.75) is 31.8 Å². The molecule has 2 aliphatic heterocycles.